The van der Waals surface area contributed by atoms with Crippen LogP contribution in [0.2, 0.25) is 0 Å². The SMILES string of the molecule is CC(C)C[C@H](NC(=O)CNC(=O)[C@H](Cc1ccc(O)cc1)NC(=O)[C@H](CO)NC(=O)[C@H](Cc1c[nH]c2ccccc12)NC(=O)[C@H](Cc1cnc[nH]1)NC(=O)[C@@H]1CCC(=O)N1)C(=O)N[C@@H](Cc1ccc(O)cc1)C(=O)N1CCC[C@H]1C(=O)NCC(N)=O. The number of nitrogens with one attached hydrogen (secondary N) is 11. The quantitative estimate of drug-likeness (QED) is 0.0236. The van der Waals surface area contributed by atoms with Gasteiger partial charge >= 0.3 is 0 Å². The van der Waals surface area contributed by atoms with Crippen LogP contribution in [0.25, 0.3) is 10.9 Å². The van der Waals surface area contributed by atoms with Crippen molar-refractivity contribution in [1.82, 2.24) is 67.7 Å². The van der Waals surface area contributed by atoms with Crippen molar-refractivity contribution >= 4 is 75.9 Å². The number of aromatic nitrogens is 3. The maximum Gasteiger partial charge on any atom is 0.246 e. The number of nitrogens with two attached hydrogens (primary N) is 1. The highest BCUT2D eigenvalue weighted by atomic mass is 16.3. The number of likely N-dealkylation sites (tertiary alicyclic amines) is 1. The van der Waals surface area contributed by atoms with Crippen LogP contribution in [-0.4, -0.2) is 175 Å². The van der Waals surface area contributed by atoms with E-state index in [2.05, 4.69) is 62.8 Å². The number of nitrogens with zero attached hydrogens (tertiary/aromatic N) is 2. The fraction of sp³-hybridized carbons (Fsp3) is 0.414. The highest BCUT2D eigenvalue weighted by molar-refractivity contribution is 5.99. The predicted molar refractivity (Wildman–Crippen MR) is 307 cm³/mol. The van der Waals surface area contributed by atoms with Gasteiger partial charge in [0.05, 0.1) is 26.0 Å². The Bertz CT molecular complexity index is 3240. The van der Waals surface area contributed by atoms with Gasteiger partial charge in [0.15, 0.2) is 0 Å². The fourth-order valence-electron chi connectivity index (χ4n) is 10.1. The van der Waals surface area contributed by atoms with Crippen molar-refractivity contribution < 1.29 is 68.1 Å². The minimum atomic E-state index is -1.76. The van der Waals surface area contributed by atoms with Crippen LogP contribution >= 0.6 is 0 Å². The molecule has 4 heterocycles. The number of aliphatic hydroxyl groups excluding tert-OH is 1. The zero-order valence-corrected chi connectivity index (χ0v) is 47.4. The number of amides is 11. The van der Waals surface area contributed by atoms with E-state index in [9.17, 15) is 68.1 Å². The number of benzene rings is 3. The highest BCUT2D eigenvalue weighted by Gasteiger charge is 2.40. The summed E-state index contributed by atoms with van der Waals surface area (Å²) in [6.45, 7) is 1.51. The standard InChI is InChI=1S/C58H72N14O14/c1-31(2)20-41(53(81)70-45(22-33-11-15-37(75)16-12-33)58(86)72-19-5-8-47(72)57(85)62-27-48(59)76)66-50(78)28-63-51(79)42(21-32-9-13-36(74)14-10-32)67-56(84)46(29-73)71-54(82)43(23-34-25-61-39-7-4-3-6-38(34)39)68-55(83)44(24-35-26-60-30-64-35)69-52(80)40-17-18-49(77)65-40/h3-4,6-7,9-16,25-26,30-31,40-47,61,73-75H,5,8,17-24,27-29H2,1-2H3,(H2,59,76)(H,60,64)(H,62,85)(H,63,79)(H,65,77)(H,66,78)(H,67,84)(H,68,83)(H,69,80)(H,70,81)(H,71,82)/t40-,41-,42-,43-,44-,45-,46-,47-/m0/s1. The number of phenols is 2. The van der Waals surface area contributed by atoms with Crippen LogP contribution in [0.3, 0.4) is 0 Å². The third-order valence-corrected chi connectivity index (χ3v) is 14.5. The number of aromatic hydroxyl groups is 2. The summed E-state index contributed by atoms with van der Waals surface area (Å²) >= 11 is 0. The van der Waals surface area contributed by atoms with Crippen molar-refractivity contribution in [2.75, 3.05) is 26.2 Å². The van der Waals surface area contributed by atoms with Gasteiger partial charge in [-0.25, -0.2) is 4.98 Å². The topological polar surface area (TPSA) is 430 Å². The lowest BCUT2D eigenvalue weighted by atomic mass is 10.0. The molecule has 3 aromatic carbocycles. The number of hydrogen-bond donors (Lipinski definition) is 15. The normalized spacial score (nSPS) is 16.7. The third kappa shape index (κ3) is 18.1. The minimum Gasteiger partial charge on any atom is -0.508 e. The van der Waals surface area contributed by atoms with Crippen LogP contribution in [0.15, 0.2) is 91.5 Å². The molecule has 7 rings (SSSR count). The number of hydrogen-bond acceptors (Lipinski definition) is 15. The molecule has 458 valence electrons. The van der Waals surface area contributed by atoms with Crippen LogP contribution in [0, 0.1) is 5.92 Å². The molecular weight excluding hydrogens is 1120 g/mol. The molecule has 86 heavy (non-hydrogen) atoms. The summed E-state index contributed by atoms with van der Waals surface area (Å²) in [5, 5.41) is 54.5. The summed E-state index contributed by atoms with van der Waals surface area (Å²) in [6.07, 6.45) is 4.89. The Hall–Kier alpha value is -9.86. The van der Waals surface area contributed by atoms with Crippen LogP contribution in [0.4, 0.5) is 0 Å². The number of primary amides is 1. The van der Waals surface area contributed by atoms with E-state index in [4.69, 9.17) is 5.73 Å². The van der Waals surface area contributed by atoms with Gasteiger partial charge < -0.3 is 83.8 Å². The summed E-state index contributed by atoms with van der Waals surface area (Å²) in [6, 6.07) is 8.17. The van der Waals surface area contributed by atoms with Crippen molar-refractivity contribution in [3.8, 4) is 11.5 Å². The first kappa shape index (κ1) is 63.7. The van der Waals surface area contributed by atoms with E-state index in [1.807, 2.05) is 0 Å². The molecule has 2 fully saturated rings. The molecule has 2 aliphatic heterocycles. The molecule has 28 heteroatoms. The largest absolute Gasteiger partial charge is 0.508 e. The molecule has 2 saturated heterocycles. The average molecular weight is 1190 g/mol. The van der Waals surface area contributed by atoms with Crippen molar-refractivity contribution in [2.45, 2.75) is 120 Å². The number of fused-ring (bicyclic) bond motifs is 1. The molecule has 0 spiro atoms. The van der Waals surface area contributed by atoms with Gasteiger partial charge in [0.1, 0.15) is 59.8 Å². The maximum absolute atomic E-state index is 14.5. The molecule has 28 nitrogen and oxygen atoms in total. The third-order valence-electron chi connectivity index (χ3n) is 14.5. The van der Waals surface area contributed by atoms with E-state index >= 15 is 0 Å². The second-order valence-electron chi connectivity index (χ2n) is 21.6. The summed E-state index contributed by atoms with van der Waals surface area (Å²) in [7, 11) is 0. The number of H-pyrrole nitrogens is 2. The molecule has 2 aromatic heterocycles. The first-order chi connectivity index (χ1) is 41.1. The summed E-state index contributed by atoms with van der Waals surface area (Å²) in [5.41, 5.74) is 7.91. The lowest BCUT2D eigenvalue weighted by molar-refractivity contribution is -0.142. The Kier molecular flexibility index (Phi) is 22.3. The number of carbonyl (C=O) groups is 11. The Labute approximate surface area is 493 Å². The predicted octanol–water partition coefficient (Wildman–Crippen LogP) is -2.49. The molecule has 0 bridgehead atoms. The smallest absolute Gasteiger partial charge is 0.246 e. The number of phenolic OH excluding ortho intramolecular Hbond substituents is 2. The number of carbonyl (C=O) groups excluding carboxylic acids is 11. The molecule has 2 aliphatic rings. The monoisotopic (exact) mass is 1190 g/mol. The molecule has 0 aliphatic carbocycles. The van der Waals surface area contributed by atoms with Crippen molar-refractivity contribution in [3.05, 3.63) is 114 Å². The van der Waals surface area contributed by atoms with Crippen LogP contribution < -0.4 is 53.6 Å². The molecule has 8 atom stereocenters. The number of rotatable bonds is 29. The summed E-state index contributed by atoms with van der Waals surface area (Å²) < 4.78 is 0. The number of para-hydroxylation sites is 1. The molecule has 0 radical (unpaired) electrons. The van der Waals surface area contributed by atoms with E-state index in [0.717, 1.165) is 0 Å². The second-order valence-corrected chi connectivity index (χ2v) is 21.6. The molecule has 5 aromatic rings. The highest BCUT2D eigenvalue weighted by Crippen LogP contribution is 2.23. The lowest BCUT2D eigenvalue weighted by Crippen LogP contribution is -2.60. The van der Waals surface area contributed by atoms with Gasteiger partial charge in [0.25, 0.3) is 0 Å². The van der Waals surface area contributed by atoms with Crippen LogP contribution in [0.5, 0.6) is 11.5 Å². The molecular formula is C58H72N14O14. The number of aromatic amines is 2. The maximum atomic E-state index is 14.5. The Balaban J connectivity index is 1.05. The van der Waals surface area contributed by atoms with Crippen LogP contribution in [0.1, 0.15) is 68.3 Å². The van der Waals surface area contributed by atoms with Gasteiger partial charge in [0, 0.05) is 67.6 Å². The average Bonchev–Trinajstić information content (AvgIpc) is 2.63. The van der Waals surface area contributed by atoms with E-state index in [-0.39, 0.29) is 81.2 Å². The van der Waals surface area contributed by atoms with Crippen molar-refractivity contribution in [3.63, 3.8) is 0 Å². The van der Waals surface area contributed by atoms with Crippen molar-refractivity contribution in [1.29, 1.82) is 0 Å². The van der Waals surface area contributed by atoms with Crippen molar-refractivity contribution in [2.24, 2.45) is 11.7 Å². The lowest BCUT2D eigenvalue weighted by Gasteiger charge is -2.30. The summed E-state index contributed by atoms with van der Waals surface area (Å²) in [4.78, 5) is 160. The first-order valence-electron chi connectivity index (χ1n) is 28.1. The molecule has 16 N–H and O–H groups in total. The van der Waals surface area contributed by atoms with Crippen LogP contribution in [-0.2, 0) is 78.4 Å². The van der Waals surface area contributed by atoms with Gasteiger partial charge in [-0.15, -0.1) is 0 Å². The van der Waals surface area contributed by atoms with E-state index in [0.29, 0.717) is 39.7 Å². The first-order valence-corrected chi connectivity index (χ1v) is 28.1. The fourth-order valence-corrected chi connectivity index (χ4v) is 10.1. The minimum absolute atomic E-state index is 0.0477. The molecule has 0 unspecified atom stereocenters. The Morgan fingerprint density at radius 2 is 1.24 bits per heavy atom. The summed E-state index contributed by atoms with van der Waals surface area (Å²) in [5.74, 6) is -8.77. The Morgan fingerprint density at radius 3 is 1.85 bits per heavy atom. The molecule has 0 saturated carbocycles. The molecule has 11 amide bonds. The van der Waals surface area contributed by atoms with Gasteiger partial charge in [-0.3, -0.25) is 52.7 Å². The van der Waals surface area contributed by atoms with E-state index < -0.39 is 127 Å². The number of aliphatic hydroxyl groups is 1. The number of imidazole rings is 1. The van der Waals surface area contributed by atoms with Gasteiger partial charge in [0.2, 0.25) is 65.0 Å². The zero-order chi connectivity index (χ0) is 62.0. The van der Waals surface area contributed by atoms with Gasteiger partial charge in [-0.1, -0.05) is 56.3 Å². The zero-order valence-electron chi connectivity index (χ0n) is 47.4. The Morgan fingerprint density at radius 1 is 0.651 bits per heavy atom. The van der Waals surface area contributed by atoms with E-state index in [1.54, 1.807) is 56.4 Å². The van der Waals surface area contributed by atoms with Gasteiger partial charge in [-0.05, 0) is 78.6 Å². The van der Waals surface area contributed by atoms with E-state index in [1.165, 1.54) is 53.8 Å². The van der Waals surface area contributed by atoms with Gasteiger partial charge in [-0.2, -0.15) is 0 Å². The second kappa shape index (κ2) is 30.1.